The van der Waals surface area contributed by atoms with Gasteiger partial charge in [-0.15, -0.1) is 0 Å². The first-order valence-electron chi connectivity index (χ1n) is 7.23. The number of hydrogen-bond donors (Lipinski definition) is 0. The first kappa shape index (κ1) is 21.3. The highest BCUT2D eigenvalue weighted by molar-refractivity contribution is 6.19. The summed E-state index contributed by atoms with van der Waals surface area (Å²) in [6.45, 7) is 2.44. The number of carbonyl (C=O) groups excluding carboxylic acids is 3. The molecule has 142 valence electrons. The van der Waals surface area contributed by atoms with Crippen molar-refractivity contribution in [3.05, 3.63) is 40.7 Å². The Labute approximate surface area is 144 Å². The normalized spacial score (nSPS) is 11.1. The Balaban J connectivity index is 3.25. The van der Waals surface area contributed by atoms with Crippen LogP contribution in [0, 0.1) is 35.0 Å². The van der Waals surface area contributed by atoms with Crippen molar-refractivity contribution in [2.24, 2.45) is 5.92 Å². The van der Waals surface area contributed by atoms with E-state index in [2.05, 4.69) is 9.47 Å². The van der Waals surface area contributed by atoms with Gasteiger partial charge in [0.2, 0.25) is 11.7 Å². The zero-order chi connectivity index (χ0) is 20.0. The van der Waals surface area contributed by atoms with E-state index >= 15 is 0 Å². The molecular formula is C16H13F5O5. The molecular weight excluding hydrogens is 367 g/mol. The van der Waals surface area contributed by atoms with Gasteiger partial charge in [0.1, 0.15) is 0 Å². The molecule has 0 amide bonds. The second kappa shape index (κ2) is 9.07. The fraction of sp³-hybridized carbons (Fsp3) is 0.312. The molecule has 0 atom stereocenters. The first-order valence-corrected chi connectivity index (χ1v) is 7.23. The Kier molecular flexibility index (Phi) is 7.41. The minimum absolute atomic E-state index is 0.177. The summed E-state index contributed by atoms with van der Waals surface area (Å²) in [7, 11) is 0. The lowest BCUT2D eigenvalue weighted by molar-refractivity contribution is -0.163. The zero-order valence-electron chi connectivity index (χ0n) is 13.6. The van der Waals surface area contributed by atoms with Gasteiger partial charge in [-0.25, -0.2) is 22.0 Å². The fourth-order valence-corrected chi connectivity index (χ4v) is 1.81. The van der Waals surface area contributed by atoms with Crippen LogP contribution in [0.3, 0.4) is 0 Å². The predicted octanol–water partition coefficient (Wildman–Crippen LogP) is 2.71. The Morgan fingerprint density at radius 1 is 0.808 bits per heavy atom. The van der Waals surface area contributed by atoms with Crippen molar-refractivity contribution in [2.45, 2.75) is 13.8 Å². The number of esters is 2. The summed E-state index contributed by atoms with van der Waals surface area (Å²) in [5.74, 6) is -17.1. The molecule has 5 nitrogen and oxygen atoms in total. The van der Waals surface area contributed by atoms with E-state index in [1.54, 1.807) is 0 Å². The highest BCUT2D eigenvalue weighted by atomic mass is 19.2. The summed E-state index contributed by atoms with van der Waals surface area (Å²) in [5.41, 5.74) is -1.40. The Morgan fingerprint density at radius 3 is 1.58 bits per heavy atom. The van der Waals surface area contributed by atoms with Crippen molar-refractivity contribution in [3.63, 3.8) is 0 Å². The van der Waals surface area contributed by atoms with Crippen LogP contribution in [-0.4, -0.2) is 30.9 Å². The van der Waals surface area contributed by atoms with Crippen molar-refractivity contribution in [2.75, 3.05) is 13.2 Å². The summed E-state index contributed by atoms with van der Waals surface area (Å²) < 4.78 is 75.4. The Hall–Kier alpha value is -2.78. The smallest absolute Gasteiger partial charge is 0.328 e. The molecule has 0 aliphatic heterocycles. The third-order valence-electron chi connectivity index (χ3n) is 2.99. The molecule has 0 bridgehead atoms. The Morgan fingerprint density at radius 2 is 1.19 bits per heavy atom. The molecule has 1 aromatic carbocycles. The number of hydrogen-bond acceptors (Lipinski definition) is 5. The average Bonchev–Trinajstić information content (AvgIpc) is 2.59. The van der Waals surface area contributed by atoms with Gasteiger partial charge in [0.25, 0.3) is 0 Å². The van der Waals surface area contributed by atoms with Gasteiger partial charge in [-0.2, -0.15) is 0 Å². The highest BCUT2D eigenvalue weighted by Gasteiger charge is 2.35. The SMILES string of the molecule is CCOC(=O)C(C(=O)/C=C/c1c(F)c(F)c(F)c(F)c1F)C(=O)OCC. The second-order valence-electron chi connectivity index (χ2n) is 4.66. The topological polar surface area (TPSA) is 69.7 Å². The highest BCUT2D eigenvalue weighted by Crippen LogP contribution is 2.24. The van der Waals surface area contributed by atoms with E-state index in [-0.39, 0.29) is 19.3 Å². The zero-order valence-corrected chi connectivity index (χ0v) is 13.6. The van der Waals surface area contributed by atoms with Crippen LogP contribution >= 0.6 is 0 Å². The van der Waals surface area contributed by atoms with E-state index < -0.39 is 58.3 Å². The van der Waals surface area contributed by atoms with Crippen molar-refractivity contribution < 1.29 is 45.8 Å². The maximum atomic E-state index is 13.5. The maximum absolute atomic E-state index is 13.5. The molecule has 0 fully saturated rings. The van der Waals surface area contributed by atoms with Crippen LogP contribution in [0.15, 0.2) is 6.08 Å². The van der Waals surface area contributed by atoms with Gasteiger partial charge in [0, 0.05) is 0 Å². The fourth-order valence-electron chi connectivity index (χ4n) is 1.81. The predicted molar refractivity (Wildman–Crippen MR) is 77.0 cm³/mol. The number of carbonyl (C=O) groups is 3. The van der Waals surface area contributed by atoms with Gasteiger partial charge in [-0.05, 0) is 26.0 Å². The molecule has 0 radical (unpaired) electrons. The van der Waals surface area contributed by atoms with Gasteiger partial charge in [-0.3, -0.25) is 14.4 Å². The third kappa shape index (κ3) is 4.44. The van der Waals surface area contributed by atoms with Crippen LogP contribution < -0.4 is 0 Å². The van der Waals surface area contributed by atoms with E-state index in [1.807, 2.05) is 0 Å². The van der Waals surface area contributed by atoms with Crippen molar-refractivity contribution in [3.8, 4) is 0 Å². The van der Waals surface area contributed by atoms with Crippen molar-refractivity contribution in [1.29, 1.82) is 0 Å². The number of benzene rings is 1. The summed E-state index contributed by atoms with van der Waals surface area (Å²) in [5, 5.41) is 0. The standard InChI is InChI=1S/C16H13F5O5/c1-3-25-15(23)9(16(24)26-4-2)8(22)6-5-7-10(17)12(19)14(21)13(20)11(7)18/h5-6,9H,3-4H2,1-2H3/b6-5+. The average molecular weight is 380 g/mol. The molecule has 0 aliphatic carbocycles. The summed E-state index contributed by atoms with van der Waals surface area (Å²) in [4.78, 5) is 35.4. The number of allylic oxidation sites excluding steroid dienone is 1. The molecule has 26 heavy (non-hydrogen) atoms. The molecule has 0 aliphatic rings. The number of rotatable bonds is 7. The molecule has 0 saturated carbocycles. The van der Waals surface area contributed by atoms with Crippen molar-refractivity contribution >= 4 is 23.8 Å². The molecule has 0 N–H and O–H groups in total. The van der Waals surface area contributed by atoms with Crippen LogP contribution in [0.5, 0.6) is 0 Å². The van der Waals surface area contributed by atoms with Gasteiger partial charge in [0.05, 0.1) is 18.8 Å². The third-order valence-corrected chi connectivity index (χ3v) is 2.99. The second-order valence-corrected chi connectivity index (χ2v) is 4.66. The number of halogens is 5. The molecule has 0 unspecified atom stereocenters. The van der Waals surface area contributed by atoms with E-state index in [0.29, 0.717) is 6.08 Å². The van der Waals surface area contributed by atoms with Gasteiger partial charge in [0.15, 0.2) is 29.1 Å². The van der Waals surface area contributed by atoms with Crippen LogP contribution in [0.2, 0.25) is 0 Å². The largest absolute Gasteiger partial charge is 0.465 e. The summed E-state index contributed by atoms with van der Waals surface area (Å²) in [6.07, 6.45) is 0.598. The lowest BCUT2D eigenvalue weighted by Gasteiger charge is -2.11. The van der Waals surface area contributed by atoms with Gasteiger partial charge < -0.3 is 9.47 Å². The Bertz CT molecular complexity index is 713. The molecule has 1 rings (SSSR count). The van der Waals surface area contributed by atoms with E-state index in [1.165, 1.54) is 13.8 Å². The van der Waals surface area contributed by atoms with Crippen LogP contribution in [0.4, 0.5) is 22.0 Å². The van der Waals surface area contributed by atoms with E-state index in [9.17, 15) is 36.3 Å². The van der Waals surface area contributed by atoms with Crippen LogP contribution in [0.25, 0.3) is 6.08 Å². The molecule has 0 spiro atoms. The summed E-state index contributed by atoms with van der Waals surface area (Å²) in [6, 6.07) is 0. The molecule has 0 aromatic heterocycles. The molecule has 1 aromatic rings. The minimum Gasteiger partial charge on any atom is -0.465 e. The van der Waals surface area contributed by atoms with Gasteiger partial charge in [-0.1, -0.05) is 0 Å². The number of ketones is 1. The lowest BCUT2D eigenvalue weighted by atomic mass is 10.0. The summed E-state index contributed by atoms with van der Waals surface area (Å²) >= 11 is 0. The first-order chi connectivity index (χ1) is 12.2. The minimum atomic E-state index is -2.36. The molecule has 10 heteroatoms. The van der Waals surface area contributed by atoms with E-state index in [0.717, 1.165) is 0 Å². The quantitative estimate of drug-likeness (QED) is 0.182. The molecule has 0 heterocycles. The van der Waals surface area contributed by atoms with Gasteiger partial charge >= 0.3 is 11.9 Å². The lowest BCUT2D eigenvalue weighted by Crippen LogP contribution is -2.34. The maximum Gasteiger partial charge on any atom is 0.328 e. The van der Waals surface area contributed by atoms with Crippen molar-refractivity contribution in [1.82, 2.24) is 0 Å². The molecule has 0 saturated heterocycles. The van der Waals surface area contributed by atoms with E-state index in [4.69, 9.17) is 0 Å². The monoisotopic (exact) mass is 380 g/mol. The van der Waals surface area contributed by atoms with Crippen LogP contribution in [-0.2, 0) is 23.9 Å². The van der Waals surface area contributed by atoms with Crippen LogP contribution in [0.1, 0.15) is 19.4 Å². The number of ether oxygens (including phenoxy) is 2.